The van der Waals surface area contributed by atoms with Crippen molar-refractivity contribution in [3.63, 3.8) is 0 Å². The minimum atomic E-state index is -2.00. The van der Waals surface area contributed by atoms with Gasteiger partial charge in [0.2, 0.25) is 0 Å². The molecule has 0 aromatic heterocycles. The van der Waals surface area contributed by atoms with E-state index in [-0.39, 0.29) is 0 Å². The molecule has 6 nitrogen and oxygen atoms in total. The summed E-state index contributed by atoms with van der Waals surface area (Å²) in [6.45, 7) is 0. The van der Waals surface area contributed by atoms with Crippen molar-refractivity contribution < 1.29 is 0 Å². The van der Waals surface area contributed by atoms with Gasteiger partial charge in [-0.3, -0.25) is 0 Å². The molecule has 0 aliphatic heterocycles. The second-order valence-corrected chi connectivity index (χ2v) is 15.9. The SMILES string of the molecule is CN(C)[Si](C=C[Si](N(C)C)(N(C)C)N(C)C)(N(C)C)N(C)C. The van der Waals surface area contributed by atoms with Crippen LogP contribution in [0.15, 0.2) is 11.4 Å². The highest BCUT2D eigenvalue weighted by molar-refractivity contribution is 6.82. The van der Waals surface area contributed by atoms with E-state index >= 15 is 0 Å². The Morgan fingerprint density at radius 1 is 0.364 bits per heavy atom. The van der Waals surface area contributed by atoms with Crippen LogP contribution in [-0.4, -0.2) is 129 Å². The van der Waals surface area contributed by atoms with Crippen LogP contribution in [0.25, 0.3) is 0 Å². The molecule has 22 heavy (non-hydrogen) atoms. The number of hydrogen-bond donors (Lipinski definition) is 0. The quantitative estimate of drug-likeness (QED) is 0.566. The van der Waals surface area contributed by atoms with Crippen LogP contribution in [0.4, 0.5) is 0 Å². The van der Waals surface area contributed by atoms with Gasteiger partial charge in [-0.1, -0.05) is 11.4 Å². The molecule has 8 heteroatoms. The Kier molecular flexibility index (Phi) is 8.13. The van der Waals surface area contributed by atoms with Gasteiger partial charge in [-0.15, -0.1) is 0 Å². The molecule has 0 N–H and O–H groups in total. The normalized spacial score (nSPS) is 14.8. The molecule has 0 unspecified atom stereocenters. The lowest BCUT2D eigenvalue weighted by atomic mass is 11.2. The van der Waals surface area contributed by atoms with Crippen LogP contribution < -0.4 is 0 Å². The highest BCUT2D eigenvalue weighted by Gasteiger charge is 2.45. The zero-order valence-corrected chi connectivity index (χ0v) is 18.8. The van der Waals surface area contributed by atoms with E-state index in [1.54, 1.807) is 0 Å². The summed E-state index contributed by atoms with van der Waals surface area (Å²) >= 11 is 0. The van der Waals surface area contributed by atoms with Gasteiger partial charge in [-0.25, -0.2) is 0 Å². The lowest BCUT2D eigenvalue weighted by molar-refractivity contribution is 0.389. The molecule has 0 aliphatic rings. The Labute approximate surface area is 141 Å². The van der Waals surface area contributed by atoms with Crippen LogP contribution in [0, 0.1) is 0 Å². The molecular formula is C14H38N6Si2. The molecule has 132 valence electrons. The molecule has 0 saturated carbocycles. The predicted molar refractivity (Wildman–Crippen MR) is 103 cm³/mol. The summed E-state index contributed by atoms with van der Waals surface area (Å²) in [5.41, 5.74) is 4.94. The van der Waals surface area contributed by atoms with Gasteiger partial charge in [-0.05, 0) is 84.6 Å². The van der Waals surface area contributed by atoms with E-state index in [2.05, 4.69) is 123 Å². The van der Waals surface area contributed by atoms with E-state index in [1.165, 1.54) is 0 Å². The van der Waals surface area contributed by atoms with Crippen LogP contribution in [-0.2, 0) is 0 Å². The Morgan fingerprint density at radius 3 is 0.591 bits per heavy atom. The average molecular weight is 347 g/mol. The Morgan fingerprint density at radius 2 is 0.500 bits per heavy atom. The van der Waals surface area contributed by atoms with Crippen molar-refractivity contribution >= 4 is 17.1 Å². The molecule has 0 fully saturated rings. The summed E-state index contributed by atoms with van der Waals surface area (Å²) in [5, 5.41) is 0. The fourth-order valence-electron chi connectivity index (χ4n) is 3.52. The van der Waals surface area contributed by atoms with Crippen LogP contribution in [0.5, 0.6) is 0 Å². The largest absolute Gasteiger partial charge is 0.314 e. The van der Waals surface area contributed by atoms with Crippen LogP contribution in [0.2, 0.25) is 0 Å². The first-order valence-electron chi connectivity index (χ1n) is 7.62. The molecule has 0 amide bonds. The molecule has 0 aromatic carbocycles. The van der Waals surface area contributed by atoms with Crippen molar-refractivity contribution in [2.24, 2.45) is 0 Å². The van der Waals surface area contributed by atoms with E-state index in [1.807, 2.05) is 0 Å². The molecule has 0 spiro atoms. The summed E-state index contributed by atoms with van der Waals surface area (Å²) < 4.78 is 14.3. The molecular weight excluding hydrogens is 308 g/mol. The molecule has 0 saturated heterocycles. The van der Waals surface area contributed by atoms with E-state index in [0.29, 0.717) is 0 Å². The maximum absolute atomic E-state index is 2.47. The third kappa shape index (κ3) is 3.88. The maximum atomic E-state index is 2.47. The zero-order valence-electron chi connectivity index (χ0n) is 16.8. The second-order valence-electron chi connectivity index (χ2n) is 7.07. The molecule has 0 aliphatic carbocycles. The number of nitrogens with zero attached hydrogens (tertiary/aromatic N) is 6. The lowest BCUT2D eigenvalue weighted by Gasteiger charge is -2.47. The van der Waals surface area contributed by atoms with Crippen molar-refractivity contribution in [2.75, 3.05) is 84.6 Å². The van der Waals surface area contributed by atoms with Gasteiger partial charge in [0.05, 0.1) is 0 Å². The molecule has 0 atom stereocenters. The minimum Gasteiger partial charge on any atom is -0.302 e. The highest BCUT2D eigenvalue weighted by Crippen LogP contribution is 2.20. The lowest BCUT2D eigenvalue weighted by Crippen LogP contribution is -2.71. The molecule has 0 bridgehead atoms. The molecule has 0 radical (unpaired) electrons. The van der Waals surface area contributed by atoms with Gasteiger partial charge < -0.3 is 27.4 Å². The van der Waals surface area contributed by atoms with Gasteiger partial charge in [0.15, 0.2) is 0 Å². The third-order valence-corrected chi connectivity index (χ3v) is 13.9. The summed E-state index contributed by atoms with van der Waals surface area (Å²) in [4.78, 5) is 0. The summed E-state index contributed by atoms with van der Waals surface area (Å²) in [6, 6.07) is 0. The van der Waals surface area contributed by atoms with Crippen molar-refractivity contribution in [1.29, 1.82) is 0 Å². The Bertz CT molecular complexity index is 289. The van der Waals surface area contributed by atoms with Gasteiger partial charge in [-0.2, -0.15) is 0 Å². The number of rotatable bonds is 8. The standard InChI is InChI=1S/C14H38N6Si2/c1-15(2)21(16(3)4,17(5)6)13-14-22(18(7)8,19(9)10)20(11)12/h13-14H,1-12H3. The first kappa shape index (κ1) is 21.9. The zero-order chi connectivity index (χ0) is 17.9. The van der Waals surface area contributed by atoms with Gasteiger partial charge >= 0.3 is 17.1 Å². The van der Waals surface area contributed by atoms with Crippen molar-refractivity contribution in [3.05, 3.63) is 11.4 Å². The first-order valence-corrected chi connectivity index (χ1v) is 11.5. The van der Waals surface area contributed by atoms with Gasteiger partial charge in [0.1, 0.15) is 0 Å². The Balaban J connectivity index is 6.10. The predicted octanol–water partition coefficient (Wildman–Crippen LogP) is -0.132. The number of hydrogen-bond acceptors (Lipinski definition) is 6. The van der Waals surface area contributed by atoms with Crippen LogP contribution in [0.1, 0.15) is 0 Å². The molecule has 0 rings (SSSR count). The minimum absolute atomic E-state index is 2.00. The van der Waals surface area contributed by atoms with Gasteiger partial charge in [0, 0.05) is 0 Å². The average Bonchev–Trinajstić information content (AvgIpc) is 2.31. The monoisotopic (exact) mass is 346 g/mol. The van der Waals surface area contributed by atoms with Gasteiger partial charge in [0.25, 0.3) is 0 Å². The topological polar surface area (TPSA) is 19.4 Å². The van der Waals surface area contributed by atoms with E-state index in [0.717, 1.165) is 0 Å². The van der Waals surface area contributed by atoms with Crippen molar-refractivity contribution in [1.82, 2.24) is 27.4 Å². The summed E-state index contributed by atoms with van der Waals surface area (Å²) in [5.74, 6) is 0. The maximum Gasteiger partial charge on any atom is 0.314 e. The Hall–Kier alpha value is -0.0662. The third-order valence-electron chi connectivity index (χ3n) is 4.48. The fourth-order valence-corrected chi connectivity index (χ4v) is 11.9. The summed E-state index contributed by atoms with van der Waals surface area (Å²) in [7, 11) is 22.2. The van der Waals surface area contributed by atoms with E-state index < -0.39 is 17.1 Å². The van der Waals surface area contributed by atoms with Crippen molar-refractivity contribution in [2.45, 2.75) is 0 Å². The highest BCUT2D eigenvalue weighted by atomic mass is 28.4. The van der Waals surface area contributed by atoms with E-state index in [4.69, 9.17) is 0 Å². The van der Waals surface area contributed by atoms with Crippen molar-refractivity contribution in [3.8, 4) is 0 Å². The molecule has 0 heterocycles. The molecule has 0 aromatic rings. The van der Waals surface area contributed by atoms with Crippen LogP contribution >= 0.6 is 0 Å². The summed E-state index contributed by atoms with van der Waals surface area (Å²) in [6.07, 6.45) is 0. The smallest absolute Gasteiger partial charge is 0.302 e. The first-order chi connectivity index (χ1) is 9.87. The second kappa shape index (κ2) is 8.16. The van der Waals surface area contributed by atoms with Crippen LogP contribution in [0.3, 0.4) is 0 Å². The fraction of sp³-hybridized carbons (Fsp3) is 0.857. The van der Waals surface area contributed by atoms with E-state index in [9.17, 15) is 0 Å².